The molecule has 0 aliphatic carbocycles. The first-order chi connectivity index (χ1) is 8.45. The van der Waals surface area contributed by atoms with E-state index in [1.54, 1.807) is 0 Å². The Labute approximate surface area is 104 Å². The number of nitro groups is 1. The molecule has 0 atom stereocenters. The molecule has 0 fully saturated rings. The van der Waals surface area contributed by atoms with Crippen molar-refractivity contribution in [1.82, 2.24) is 5.43 Å². The molecular weight excluding hydrogens is 238 g/mol. The molecule has 0 spiro atoms. The average Bonchev–Trinajstić information content (AvgIpc) is 2.34. The molecule has 0 aliphatic heterocycles. The maximum absolute atomic E-state index is 11.3. The van der Waals surface area contributed by atoms with Gasteiger partial charge in [-0.3, -0.25) is 20.3 Å². The zero-order valence-electron chi connectivity index (χ0n) is 10.2. The van der Waals surface area contributed by atoms with Crippen molar-refractivity contribution in [2.75, 3.05) is 6.61 Å². The molecule has 0 bridgehead atoms. The smallest absolute Gasteiger partial charge is 0.311 e. The third kappa shape index (κ3) is 3.42. The van der Waals surface area contributed by atoms with Crippen LogP contribution in [-0.2, 0) is 0 Å². The minimum absolute atomic E-state index is 0.112. The molecular formula is C11H15N3O4. The van der Waals surface area contributed by atoms with Crippen LogP contribution in [0.2, 0.25) is 0 Å². The number of hydrogen-bond donors (Lipinski definition) is 2. The standard InChI is InChI=1S/C11H15N3O4/c1-7(2)6-18-10-4-3-8(11(15)13-12)5-9(10)14(16)17/h3-5,7H,6,12H2,1-2H3,(H,13,15). The monoisotopic (exact) mass is 253 g/mol. The number of nitrogens with two attached hydrogens (primary N) is 1. The number of carbonyl (C=O) groups excluding carboxylic acids is 1. The molecule has 0 saturated carbocycles. The zero-order chi connectivity index (χ0) is 13.7. The normalized spacial score (nSPS) is 10.2. The van der Waals surface area contributed by atoms with Crippen LogP contribution in [0.25, 0.3) is 0 Å². The predicted octanol–water partition coefficient (Wildman–Crippen LogP) is 1.23. The molecule has 1 rings (SSSR count). The van der Waals surface area contributed by atoms with E-state index in [2.05, 4.69) is 0 Å². The van der Waals surface area contributed by atoms with Gasteiger partial charge in [0, 0.05) is 11.6 Å². The number of hydrazine groups is 1. The zero-order valence-corrected chi connectivity index (χ0v) is 10.2. The lowest BCUT2D eigenvalue weighted by atomic mass is 10.1. The highest BCUT2D eigenvalue weighted by Crippen LogP contribution is 2.28. The molecule has 7 heteroatoms. The molecule has 0 saturated heterocycles. The second-order valence-electron chi connectivity index (χ2n) is 4.12. The number of nitrogens with zero attached hydrogens (tertiary/aromatic N) is 1. The van der Waals surface area contributed by atoms with Gasteiger partial charge in [-0.15, -0.1) is 0 Å². The van der Waals surface area contributed by atoms with Crippen LogP contribution in [0.5, 0.6) is 5.75 Å². The van der Waals surface area contributed by atoms with Crippen LogP contribution in [-0.4, -0.2) is 17.4 Å². The summed E-state index contributed by atoms with van der Waals surface area (Å²) in [5.41, 5.74) is 1.77. The maximum Gasteiger partial charge on any atom is 0.311 e. The summed E-state index contributed by atoms with van der Waals surface area (Å²) >= 11 is 0. The van der Waals surface area contributed by atoms with E-state index in [0.29, 0.717) is 6.61 Å². The van der Waals surface area contributed by atoms with Gasteiger partial charge in [0.1, 0.15) is 0 Å². The van der Waals surface area contributed by atoms with Crippen LogP contribution < -0.4 is 16.0 Å². The number of nitrogen functional groups attached to an aromatic ring is 1. The second-order valence-corrected chi connectivity index (χ2v) is 4.12. The summed E-state index contributed by atoms with van der Waals surface area (Å²) < 4.78 is 5.32. The minimum Gasteiger partial charge on any atom is -0.487 e. The second kappa shape index (κ2) is 5.97. The van der Waals surface area contributed by atoms with Gasteiger partial charge in [0.05, 0.1) is 11.5 Å². The van der Waals surface area contributed by atoms with Crippen molar-refractivity contribution in [3.63, 3.8) is 0 Å². The lowest BCUT2D eigenvalue weighted by Gasteiger charge is -2.09. The molecule has 0 aromatic heterocycles. The quantitative estimate of drug-likeness (QED) is 0.355. The van der Waals surface area contributed by atoms with Crippen molar-refractivity contribution < 1.29 is 14.5 Å². The fourth-order valence-corrected chi connectivity index (χ4v) is 1.26. The van der Waals surface area contributed by atoms with Crippen LogP contribution in [0.3, 0.4) is 0 Å². The van der Waals surface area contributed by atoms with Crippen LogP contribution in [0.1, 0.15) is 24.2 Å². The number of benzene rings is 1. The summed E-state index contributed by atoms with van der Waals surface area (Å²) in [5.74, 6) is 4.76. The van der Waals surface area contributed by atoms with Crippen molar-refractivity contribution in [3.05, 3.63) is 33.9 Å². The highest BCUT2D eigenvalue weighted by molar-refractivity contribution is 5.94. The molecule has 0 heterocycles. The first-order valence-corrected chi connectivity index (χ1v) is 5.38. The first kappa shape index (κ1) is 13.9. The van der Waals surface area contributed by atoms with Crippen LogP contribution in [0.15, 0.2) is 18.2 Å². The molecule has 3 N–H and O–H groups in total. The lowest BCUT2D eigenvalue weighted by molar-refractivity contribution is -0.385. The fraction of sp³-hybridized carbons (Fsp3) is 0.364. The van der Waals surface area contributed by atoms with E-state index >= 15 is 0 Å². The molecule has 18 heavy (non-hydrogen) atoms. The first-order valence-electron chi connectivity index (χ1n) is 5.38. The summed E-state index contributed by atoms with van der Waals surface area (Å²) in [4.78, 5) is 21.6. The van der Waals surface area contributed by atoms with Gasteiger partial charge in [-0.1, -0.05) is 13.8 Å². The van der Waals surface area contributed by atoms with Gasteiger partial charge in [0.25, 0.3) is 5.91 Å². The van der Waals surface area contributed by atoms with Crippen molar-refractivity contribution in [2.45, 2.75) is 13.8 Å². The van der Waals surface area contributed by atoms with E-state index in [-0.39, 0.29) is 22.9 Å². The number of hydrogen-bond acceptors (Lipinski definition) is 5. The van der Waals surface area contributed by atoms with E-state index in [9.17, 15) is 14.9 Å². The van der Waals surface area contributed by atoms with Gasteiger partial charge in [0.15, 0.2) is 5.75 Å². The molecule has 1 aromatic rings. The van der Waals surface area contributed by atoms with Crippen molar-refractivity contribution in [3.8, 4) is 5.75 Å². The fourth-order valence-electron chi connectivity index (χ4n) is 1.26. The number of nitrogens with one attached hydrogen (secondary N) is 1. The molecule has 0 radical (unpaired) electrons. The van der Waals surface area contributed by atoms with E-state index in [1.807, 2.05) is 19.3 Å². The SMILES string of the molecule is CC(C)COc1ccc(C(=O)NN)cc1[N+](=O)[O-]. The Morgan fingerprint density at radius 1 is 1.56 bits per heavy atom. The van der Waals surface area contributed by atoms with E-state index in [1.165, 1.54) is 12.1 Å². The van der Waals surface area contributed by atoms with Gasteiger partial charge in [-0.25, -0.2) is 5.84 Å². The summed E-state index contributed by atoms with van der Waals surface area (Å²) in [6, 6.07) is 3.95. The minimum atomic E-state index is -0.594. The number of ether oxygens (including phenoxy) is 1. The van der Waals surface area contributed by atoms with Crippen LogP contribution in [0.4, 0.5) is 5.69 Å². The third-order valence-corrected chi connectivity index (χ3v) is 2.12. The molecule has 98 valence electrons. The Balaban J connectivity index is 3.04. The number of amides is 1. The van der Waals surface area contributed by atoms with Gasteiger partial charge >= 0.3 is 5.69 Å². The summed E-state index contributed by atoms with van der Waals surface area (Å²) in [7, 11) is 0. The highest BCUT2D eigenvalue weighted by atomic mass is 16.6. The third-order valence-electron chi connectivity index (χ3n) is 2.12. The average molecular weight is 253 g/mol. The molecule has 7 nitrogen and oxygen atoms in total. The topological polar surface area (TPSA) is 107 Å². The Kier molecular flexibility index (Phi) is 4.61. The van der Waals surface area contributed by atoms with E-state index < -0.39 is 10.8 Å². The number of rotatable bonds is 5. The number of carbonyl (C=O) groups is 1. The van der Waals surface area contributed by atoms with Gasteiger partial charge in [0.2, 0.25) is 0 Å². The highest BCUT2D eigenvalue weighted by Gasteiger charge is 2.18. The Bertz CT molecular complexity index is 460. The molecule has 0 aliphatic rings. The maximum atomic E-state index is 11.3. The van der Waals surface area contributed by atoms with Gasteiger partial charge in [-0.2, -0.15) is 0 Å². The molecule has 0 unspecified atom stereocenters. The Morgan fingerprint density at radius 3 is 2.72 bits per heavy atom. The Morgan fingerprint density at radius 2 is 2.22 bits per heavy atom. The van der Waals surface area contributed by atoms with Crippen molar-refractivity contribution in [1.29, 1.82) is 0 Å². The van der Waals surface area contributed by atoms with E-state index in [0.717, 1.165) is 6.07 Å². The number of nitro benzene ring substituents is 1. The van der Waals surface area contributed by atoms with Crippen LogP contribution in [0, 0.1) is 16.0 Å². The van der Waals surface area contributed by atoms with E-state index in [4.69, 9.17) is 10.6 Å². The summed E-state index contributed by atoms with van der Waals surface area (Å²) in [6.45, 7) is 4.23. The van der Waals surface area contributed by atoms with Crippen LogP contribution >= 0.6 is 0 Å². The van der Waals surface area contributed by atoms with Gasteiger partial charge in [-0.05, 0) is 18.1 Å². The summed E-state index contributed by atoms with van der Waals surface area (Å²) in [5, 5.41) is 10.9. The van der Waals surface area contributed by atoms with Gasteiger partial charge < -0.3 is 4.74 Å². The largest absolute Gasteiger partial charge is 0.487 e. The van der Waals surface area contributed by atoms with Crippen molar-refractivity contribution in [2.24, 2.45) is 11.8 Å². The summed E-state index contributed by atoms with van der Waals surface area (Å²) in [6.07, 6.45) is 0. The Hall–Kier alpha value is -2.15. The molecule has 1 amide bonds. The lowest BCUT2D eigenvalue weighted by Crippen LogP contribution is -2.30. The predicted molar refractivity (Wildman–Crippen MR) is 65.1 cm³/mol. The molecule has 1 aromatic carbocycles. The van der Waals surface area contributed by atoms with Crippen molar-refractivity contribution >= 4 is 11.6 Å².